The highest BCUT2D eigenvalue weighted by Gasteiger charge is 2.45. The molecule has 2 aromatic rings. The number of carbonyl (C=O) groups excluding carboxylic acids is 4. The van der Waals surface area contributed by atoms with Crippen LogP contribution in [0.2, 0.25) is 5.02 Å². The quantitative estimate of drug-likeness (QED) is 0.524. The van der Waals surface area contributed by atoms with Gasteiger partial charge < -0.3 is 20.4 Å². The van der Waals surface area contributed by atoms with E-state index in [0.29, 0.717) is 23.5 Å². The summed E-state index contributed by atoms with van der Waals surface area (Å²) >= 11 is 6.03. The third-order valence-electron chi connectivity index (χ3n) is 7.11. The molecule has 13 heteroatoms. The summed E-state index contributed by atoms with van der Waals surface area (Å²) in [6.07, 6.45) is 0.279. The van der Waals surface area contributed by atoms with Crippen LogP contribution in [-0.4, -0.2) is 103 Å². The smallest absolute Gasteiger partial charge is 0.245 e. The van der Waals surface area contributed by atoms with Crippen LogP contribution in [0.5, 0.6) is 0 Å². The van der Waals surface area contributed by atoms with Gasteiger partial charge in [0.25, 0.3) is 0 Å². The molecule has 204 valence electrons. The molecule has 4 amide bonds. The lowest BCUT2D eigenvalue weighted by molar-refractivity contribution is -0.144. The predicted octanol–water partition coefficient (Wildman–Crippen LogP) is 0.649. The normalized spacial score (nSPS) is 19.8. The number of amides is 4. The Morgan fingerprint density at radius 2 is 1.76 bits per heavy atom. The first kappa shape index (κ1) is 27.8. The maximum Gasteiger partial charge on any atom is 0.245 e. The van der Waals surface area contributed by atoms with Gasteiger partial charge in [-0.15, -0.1) is 0 Å². The molecule has 0 aliphatic carbocycles. The summed E-state index contributed by atoms with van der Waals surface area (Å²) in [6, 6.07) is 7.40. The van der Waals surface area contributed by atoms with Crippen molar-refractivity contribution in [1.29, 1.82) is 0 Å². The second kappa shape index (κ2) is 10.9. The van der Waals surface area contributed by atoms with Crippen LogP contribution in [0.15, 0.2) is 41.3 Å². The van der Waals surface area contributed by atoms with E-state index < -0.39 is 40.5 Å². The number of nitrogens with zero attached hydrogens (tertiary/aromatic N) is 4. The molecule has 0 radical (unpaired) electrons. The van der Waals surface area contributed by atoms with Gasteiger partial charge in [0.05, 0.1) is 11.4 Å². The molecular weight excluding hydrogens is 534 g/mol. The number of hydrogen-bond acceptors (Lipinski definition) is 6. The van der Waals surface area contributed by atoms with Crippen LogP contribution in [0.3, 0.4) is 0 Å². The molecule has 2 atom stereocenters. The van der Waals surface area contributed by atoms with Crippen LogP contribution in [-0.2, 0) is 29.2 Å². The van der Waals surface area contributed by atoms with Crippen molar-refractivity contribution in [2.45, 2.75) is 36.7 Å². The SMILES string of the molecule is C[C@@H](C(=O)N1CCC(=O)N(C)CC1)N1CC[C@@H](N(CC(N)=O)S(=O)(=O)c2ccc3cc(Cl)ccc3c2)C1=O. The van der Waals surface area contributed by atoms with Crippen molar-refractivity contribution >= 4 is 56.0 Å². The van der Waals surface area contributed by atoms with Crippen molar-refractivity contribution in [1.82, 2.24) is 19.0 Å². The molecule has 38 heavy (non-hydrogen) atoms. The molecule has 2 aromatic carbocycles. The minimum absolute atomic E-state index is 0.0608. The molecule has 4 rings (SSSR count). The Morgan fingerprint density at radius 1 is 1.08 bits per heavy atom. The number of sulfonamides is 1. The molecule has 2 heterocycles. The Morgan fingerprint density at radius 3 is 2.47 bits per heavy atom. The van der Waals surface area contributed by atoms with Gasteiger partial charge in [0, 0.05) is 44.7 Å². The molecule has 0 bridgehead atoms. The first-order valence-corrected chi connectivity index (χ1v) is 14.0. The van der Waals surface area contributed by atoms with E-state index in [4.69, 9.17) is 17.3 Å². The Labute approximate surface area is 226 Å². The van der Waals surface area contributed by atoms with Crippen molar-refractivity contribution < 1.29 is 27.6 Å². The van der Waals surface area contributed by atoms with E-state index in [-0.39, 0.29) is 42.6 Å². The Bertz CT molecular complexity index is 1400. The number of hydrogen-bond donors (Lipinski definition) is 1. The molecule has 2 fully saturated rings. The molecular formula is C25H30ClN5O6S. The maximum absolute atomic E-state index is 13.7. The largest absolute Gasteiger partial charge is 0.369 e. The lowest BCUT2D eigenvalue weighted by Gasteiger charge is -2.31. The summed E-state index contributed by atoms with van der Waals surface area (Å²) < 4.78 is 28.2. The standard InChI is InChI=1S/C25H30ClN5O6S/c1-16(24(34)29-9-8-23(33)28(2)11-12-29)30-10-7-21(25(30)35)31(15-22(27)32)38(36,37)20-6-4-17-13-19(26)5-3-18(17)14-20/h3-6,13-14,16,21H,7-12,15H2,1-2H3,(H2,27,32)/t16-,21+/m0/s1. The predicted molar refractivity (Wildman–Crippen MR) is 140 cm³/mol. The highest BCUT2D eigenvalue weighted by Crippen LogP contribution is 2.29. The second-order valence-corrected chi connectivity index (χ2v) is 11.9. The van der Waals surface area contributed by atoms with Crippen LogP contribution < -0.4 is 5.73 Å². The number of likely N-dealkylation sites (tertiary alicyclic amines) is 1. The van der Waals surface area contributed by atoms with E-state index in [0.717, 1.165) is 9.69 Å². The fourth-order valence-corrected chi connectivity index (χ4v) is 6.69. The van der Waals surface area contributed by atoms with E-state index in [2.05, 4.69) is 0 Å². The monoisotopic (exact) mass is 563 g/mol. The molecule has 0 spiro atoms. The molecule has 11 nitrogen and oxygen atoms in total. The van der Waals surface area contributed by atoms with Crippen molar-refractivity contribution in [3.8, 4) is 0 Å². The average molecular weight is 564 g/mol. The van der Waals surface area contributed by atoms with Gasteiger partial charge >= 0.3 is 0 Å². The minimum atomic E-state index is -4.31. The molecule has 2 aliphatic heterocycles. The van der Waals surface area contributed by atoms with Crippen LogP contribution >= 0.6 is 11.6 Å². The van der Waals surface area contributed by atoms with Gasteiger partial charge in [-0.3, -0.25) is 19.2 Å². The minimum Gasteiger partial charge on any atom is -0.369 e. The first-order chi connectivity index (χ1) is 17.9. The van der Waals surface area contributed by atoms with Crippen molar-refractivity contribution in [3.63, 3.8) is 0 Å². The van der Waals surface area contributed by atoms with Gasteiger partial charge in [0.2, 0.25) is 33.7 Å². The highest BCUT2D eigenvalue weighted by molar-refractivity contribution is 7.89. The van der Waals surface area contributed by atoms with Gasteiger partial charge in [-0.1, -0.05) is 23.7 Å². The van der Waals surface area contributed by atoms with Crippen molar-refractivity contribution in [2.24, 2.45) is 5.73 Å². The first-order valence-electron chi connectivity index (χ1n) is 12.2. The van der Waals surface area contributed by atoms with Crippen molar-refractivity contribution in [3.05, 3.63) is 41.4 Å². The lowest BCUT2D eigenvalue weighted by atomic mass is 10.1. The summed E-state index contributed by atoms with van der Waals surface area (Å²) in [6.45, 7) is 1.99. The van der Waals surface area contributed by atoms with E-state index >= 15 is 0 Å². The molecule has 0 aromatic heterocycles. The number of rotatable bonds is 7. The average Bonchev–Trinajstić information content (AvgIpc) is 3.17. The third-order valence-corrected chi connectivity index (χ3v) is 9.20. The van der Waals surface area contributed by atoms with Crippen LogP contribution in [0.1, 0.15) is 19.8 Å². The van der Waals surface area contributed by atoms with E-state index in [1.807, 2.05) is 0 Å². The Kier molecular flexibility index (Phi) is 7.96. The zero-order chi connectivity index (χ0) is 27.8. The third kappa shape index (κ3) is 5.47. The number of fused-ring (bicyclic) bond motifs is 1. The lowest BCUT2D eigenvalue weighted by Crippen LogP contribution is -2.52. The van der Waals surface area contributed by atoms with Crippen LogP contribution in [0, 0.1) is 0 Å². The van der Waals surface area contributed by atoms with Crippen LogP contribution in [0.25, 0.3) is 10.8 Å². The van der Waals surface area contributed by atoms with E-state index in [1.165, 1.54) is 17.0 Å². The Hall–Kier alpha value is -3.22. The maximum atomic E-state index is 13.7. The zero-order valence-corrected chi connectivity index (χ0v) is 22.7. The highest BCUT2D eigenvalue weighted by atomic mass is 35.5. The summed E-state index contributed by atoms with van der Waals surface area (Å²) in [5.41, 5.74) is 5.39. The molecule has 2 saturated heterocycles. The van der Waals surface area contributed by atoms with Gasteiger partial charge in [-0.2, -0.15) is 4.31 Å². The number of primary amides is 1. The fourth-order valence-electron chi connectivity index (χ4n) is 4.89. The van der Waals surface area contributed by atoms with Gasteiger partial charge in [-0.25, -0.2) is 8.42 Å². The molecule has 0 unspecified atom stereocenters. The number of benzene rings is 2. The van der Waals surface area contributed by atoms with Gasteiger partial charge in [0.1, 0.15) is 12.1 Å². The summed E-state index contributed by atoms with van der Waals surface area (Å²) in [5.74, 6) is -1.87. The summed E-state index contributed by atoms with van der Waals surface area (Å²) in [7, 11) is -2.63. The van der Waals surface area contributed by atoms with Gasteiger partial charge in [0.15, 0.2) is 0 Å². The van der Waals surface area contributed by atoms with E-state index in [1.54, 1.807) is 48.0 Å². The van der Waals surface area contributed by atoms with Crippen molar-refractivity contribution in [2.75, 3.05) is 39.8 Å². The Balaban J connectivity index is 1.57. The van der Waals surface area contributed by atoms with Gasteiger partial charge in [-0.05, 0) is 48.4 Å². The fraction of sp³-hybridized carbons (Fsp3) is 0.440. The number of carbonyl (C=O) groups is 4. The summed E-state index contributed by atoms with van der Waals surface area (Å²) in [5, 5.41) is 1.85. The molecule has 2 aliphatic rings. The zero-order valence-electron chi connectivity index (χ0n) is 21.2. The second-order valence-electron chi connectivity index (χ2n) is 9.57. The van der Waals surface area contributed by atoms with Crippen LogP contribution in [0.4, 0.5) is 0 Å². The summed E-state index contributed by atoms with van der Waals surface area (Å²) in [4.78, 5) is 54.9. The van der Waals surface area contributed by atoms with E-state index in [9.17, 15) is 27.6 Å². The number of nitrogens with two attached hydrogens (primary N) is 1. The topological polar surface area (TPSA) is 141 Å². The molecule has 0 saturated carbocycles. The number of halogens is 1. The molecule has 2 N–H and O–H groups in total. The number of likely N-dealkylation sites (N-methyl/N-ethyl adjacent to an activating group) is 1.